The fraction of sp³-hybridized carbons (Fsp3) is 0.500. The van der Waals surface area contributed by atoms with E-state index >= 15 is 0 Å². The highest BCUT2D eigenvalue weighted by molar-refractivity contribution is 7.12. The zero-order valence-corrected chi connectivity index (χ0v) is 9.40. The molecule has 1 saturated heterocycles. The van der Waals surface area contributed by atoms with E-state index in [-0.39, 0.29) is 17.8 Å². The minimum atomic E-state index is 0.00106. The molecule has 2 nitrogen and oxygen atoms in total. The molecule has 1 aliphatic heterocycles. The number of carbonyl (C=O) groups is 1. The second kappa shape index (κ2) is 4.01. The van der Waals surface area contributed by atoms with E-state index in [0.29, 0.717) is 16.5 Å². The predicted octanol–water partition coefficient (Wildman–Crippen LogP) is 3.01. The molecule has 0 spiro atoms. The fourth-order valence-corrected chi connectivity index (χ4v) is 2.82. The van der Waals surface area contributed by atoms with Gasteiger partial charge in [0.05, 0.1) is 22.6 Å². The van der Waals surface area contributed by atoms with Crippen LogP contribution in [0.25, 0.3) is 0 Å². The Morgan fingerprint density at radius 3 is 3.00 bits per heavy atom. The van der Waals surface area contributed by atoms with Crippen LogP contribution in [0.1, 0.15) is 23.0 Å². The monoisotopic (exact) mass is 230 g/mol. The van der Waals surface area contributed by atoms with Gasteiger partial charge in [0.25, 0.3) is 0 Å². The third-order valence-corrected chi connectivity index (χ3v) is 3.77. The molecule has 2 heterocycles. The quantitative estimate of drug-likeness (QED) is 0.731. The maximum Gasteiger partial charge on any atom is 0.179 e. The lowest BCUT2D eigenvalue weighted by Gasteiger charge is -2.04. The Morgan fingerprint density at radius 1 is 1.71 bits per heavy atom. The summed E-state index contributed by atoms with van der Waals surface area (Å²) in [4.78, 5) is 12.6. The second-order valence-electron chi connectivity index (χ2n) is 3.54. The summed E-state index contributed by atoms with van der Waals surface area (Å²) in [7, 11) is 0. The number of hydrogen-bond donors (Lipinski definition) is 0. The van der Waals surface area contributed by atoms with Crippen LogP contribution in [0.15, 0.2) is 11.4 Å². The van der Waals surface area contributed by atoms with Crippen molar-refractivity contribution in [2.45, 2.75) is 19.4 Å². The Hall–Kier alpha value is -0.380. The highest BCUT2D eigenvalue weighted by Crippen LogP contribution is 2.29. The molecule has 1 aromatic heterocycles. The molecule has 1 aliphatic rings. The predicted molar refractivity (Wildman–Crippen MR) is 57.2 cm³/mol. The summed E-state index contributed by atoms with van der Waals surface area (Å²) in [6, 6.07) is 1.76. The zero-order chi connectivity index (χ0) is 10.1. The van der Waals surface area contributed by atoms with E-state index in [0.717, 1.165) is 6.42 Å². The van der Waals surface area contributed by atoms with Gasteiger partial charge in [-0.2, -0.15) is 0 Å². The Bertz CT molecular complexity index is 348. The summed E-state index contributed by atoms with van der Waals surface area (Å²) in [5, 5.41) is 2.41. The average Bonchev–Trinajstić information content (AvgIpc) is 2.73. The van der Waals surface area contributed by atoms with Gasteiger partial charge in [-0.25, -0.2) is 0 Å². The summed E-state index contributed by atoms with van der Waals surface area (Å²) in [6.07, 6.45) is 1.01. The zero-order valence-electron chi connectivity index (χ0n) is 7.83. The first kappa shape index (κ1) is 10.1. The third kappa shape index (κ3) is 1.85. The SMILES string of the molecule is CC1CC(C(=O)c2sccc2Cl)CO1. The Kier molecular flexibility index (Phi) is 2.91. The molecule has 0 aliphatic carbocycles. The smallest absolute Gasteiger partial charge is 0.179 e. The van der Waals surface area contributed by atoms with Crippen LogP contribution in [0.4, 0.5) is 0 Å². The van der Waals surface area contributed by atoms with Crippen LogP contribution in [0.2, 0.25) is 5.02 Å². The standard InChI is InChI=1S/C10H11ClO2S/c1-6-4-7(5-13-6)9(12)10-8(11)2-3-14-10/h2-3,6-7H,4-5H2,1H3. The molecule has 2 atom stereocenters. The Balaban J connectivity index is 2.13. The molecular weight excluding hydrogens is 220 g/mol. The second-order valence-corrected chi connectivity index (χ2v) is 4.86. The number of thiophene rings is 1. The van der Waals surface area contributed by atoms with Crippen molar-refractivity contribution in [3.63, 3.8) is 0 Å². The average molecular weight is 231 g/mol. The van der Waals surface area contributed by atoms with E-state index in [9.17, 15) is 4.79 Å². The highest BCUT2D eigenvalue weighted by atomic mass is 35.5. The molecule has 0 N–H and O–H groups in total. The van der Waals surface area contributed by atoms with Crippen LogP contribution < -0.4 is 0 Å². The first-order chi connectivity index (χ1) is 6.68. The van der Waals surface area contributed by atoms with E-state index in [1.54, 1.807) is 6.07 Å². The van der Waals surface area contributed by atoms with Crippen LogP contribution >= 0.6 is 22.9 Å². The van der Waals surface area contributed by atoms with E-state index in [2.05, 4.69) is 0 Å². The van der Waals surface area contributed by atoms with Gasteiger partial charge in [-0.15, -0.1) is 11.3 Å². The van der Waals surface area contributed by atoms with Crippen molar-refractivity contribution in [3.05, 3.63) is 21.3 Å². The lowest BCUT2D eigenvalue weighted by molar-refractivity contribution is 0.0881. The summed E-state index contributed by atoms with van der Waals surface area (Å²) in [5.74, 6) is 0.135. The van der Waals surface area contributed by atoms with Crippen LogP contribution in [0.3, 0.4) is 0 Å². The van der Waals surface area contributed by atoms with Crippen LogP contribution in [-0.4, -0.2) is 18.5 Å². The van der Waals surface area contributed by atoms with Crippen molar-refractivity contribution in [1.82, 2.24) is 0 Å². The number of carbonyl (C=O) groups excluding carboxylic acids is 1. The van der Waals surface area contributed by atoms with Gasteiger partial charge in [0, 0.05) is 5.92 Å². The summed E-state index contributed by atoms with van der Waals surface area (Å²) in [5.41, 5.74) is 0. The van der Waals surface area contributed by atoms with Crippen molar-refractivity contribution < 1.29 is 9.53 Å². The molecule has 0 aromatic carbocycles. The van der Waals surface area contributed by atoms with Crippen molar-refractivity contribution in [2.75, 3.05) is 6.61 Å². The largest absolute Gasteiger partial charge is 0.378 e. The maximum absolute atomic E-state index is 11.9. The summed E-state index contributed by atoms with van der Waals surface area (Å²) >= 11 is 7.31. The fourth-order valence-electron chi connectivity index (χ4n) is 1.65. The maximum atomic E-state index is 11.9. The molecule has 1 fully saturated rings. The highest BCUT2D eigenvalue weighted by Gasteiger charge is 2.30. The Labute approximate surface area is 91.8 Å². The van der Waals surface area contributed by atoms with Gasteiger partial charge in [-0.05, 0) is 24.8 Å². The normalized spacial score (nSPS) is 26.7. The molecule has 4 heteroatoms. The van der Waals surface area contributed by atoms with E-state index < -0.39 is 0 Å². The Morgan fingerprint density at radius 2 is 2.50 bits per heavy atom. The van der Waals surface area contributed by atoms with Gasteiger partial charge in [-0.3, -0.25) is 4.79 Å². The van der Waals surface area contributed by atoms with Gasteiger partial charge in [0.2, 0.25) is 0 Å². The molecule has 76 valence electrons. The van der Waals surface area contributed by atoms with Gasteiger partial charge in [-0.1, -0.05) is 11.6 Å². The van der Waals surface area contributed by atoms with Crippen molar-refractivity contribution in [2.24, 2.45) is 5.92 Å². The van der Waals surface area contributed by atoms with E-state index in [4.69, 9.17) is 16.3 Å². The molecule has 1 aromatic rings. The summed E-state index contributed by atoms with van der Waals surface area (Å²) < 4.78 is 5.37. The lowest BCUT2D eigenvalue weighted by Crippen LogP contribution is -2.13. The van der Waals surface area contributed by atoms with Gasteiger partial charge >= 0.3 is 0 Å². The molecule has 2 rings (SSSR count). The van der Waals surface area contributed by atoms with Gasteiger partial charge in [0.15, 0.2) is 5.78 Å². The van der Waals surface area contributed by atoms with Gasteiger partial charge < -0.3 is 4.74 Å². The number of ketones is 1. The lowest BCUT2D eigenvalue weighted by atomic mass is 10.0. The molecule has 0 amide bonds. The minimum absolute atomic E-state index is 0.00106. The number of rotatable bonds is 2. The van der Waals surface area contributed by atoms with E-state index in [1.165, 1.54) is 11.3 Å². The third-order valence-electron chi connectivity index (χ3n) is 2.41. The first-order valence-corrected chi connectivity index (χ1v) is 5.83. The van der Waals surface area contributed by atoms with Crippen LogP contribution in [0, 0.1) is 5.92 Å². The molecule has 0 bridgehead atoms. The van der Waals surface area contributed by atoms with Crippen molar-refractivity contribution >= 4 is 28.7 Å². The number of Topliss-reactive ketones (excluding diaryl/α,β-unsaturated/α-hetero) is 1. The van der Waals surface area contributed by atoms with Gasteiger partial charge in [0.1, 0.15) is 0 Å². The summed E-state index contributed by atoms with van der Waals surface area (Å²) in [6.45, 7) is 2.53. The molecule has 0 saturated carbocycles. The number of hydrogen-bond acceptors (Lipinski definition) is 3. The topological polar surface area (TPSA) is 26.3 Å². The van der Waals surface area contributed by atoms with Crippen LogP contribution in [0.5, 0.6) is 0 Å². The van der Waals surface area contributed by atoms with Crippen molar-refractivity contribution in [3.8, 4) is 0 Å². The number of ether oxygens (including phenoxy) is 1. The van der Waals surface area contributed by atoms with Crippen molar-refractivity contribution in [1.29, 1.82) is 0 Å². The minimum Gasteiger partial charge on any atom is -0.378 e. The molecular formula is C10H11ClO2S. The van der Waals surface area contributed by atoms with E-state index in [1.807, 2.05) is 12.3 Å². The number of halogens is 1. The first-order valence-electron chi connectivity index (χ1n) is 4.57. The molecule has 14 heavy (non-hydrogen) atoms. The molecule has 0 radical (unpaired) electrons. The molecule has 2 unspecified atom stereocenters. The van der Waals surface area contributed by atoms with Crippen LogP contribution in [-0.2, 0) is 4.74 Å².